The van der Waals surface area contributed by atoms with Crippen LogP contribution in [0.15, 0.2) is 66.7 Å². The van der Waals surface area contributed by atoms with Crippen molar-refractivity contribution in [2.24, 2.45) is 11.8 Å². The van der Waals surface area contributed by atoms with E-state index in [1.165, 1.54) is 4.90 Å². The second kappa shape index (κ2) is 19.4. The standard InChI is InChI=1S/C43H52ClN9O7/c1-25-21-33(19-20-53(25)42(58)59)47-39(55)31-15-18-34(35(44)23-31)28-9-5-26(6-10-28)22-36(40(56)46-32-16-13-29(14-17-32)37-49-51-52-50-37)48-38(54)30-11-7-27(8-12-30)24-45-41(57)60-43(2,3)4/h5-6,9-10,13-18,23,25,27,30,33,36H,7-8,11-12,19-22,24H2,1-4H3,(H,45,57)(H,46,56)(H,47,55)(H,48,54)(H,58,59)(H,49,50,51,52)/t25?,27?,30?,33?,36-/m0/s1. The molecule has 1 aromatic heterocycles. The van der Waals surface area contributed by atoms with Gasteiger partial charge >= 0.3 is 12.2 Å². The van der Waals surface area contributed by atoms with Crippen molar-refractivity contribution in [2.75, 3.05) is 18.4 Å². The number of aromatic nitrogens is 4. The number of hydrogen-bond donors (Lipinski definition) is 6. The van der Waals surface area contributed by atoms with E-state index in [4.69, 9.17) is 16.3 Å². The van der Waals surface area contributed by atoms with Gasteiger partial charge in [0.1, 0.15) is 11.6 Å². The smallest absolute Gasteiger partial charge is 0.407 e. The number of ether oxygens (including phenoxy) is 1. The summed E-state index contributed by atoms with van der Waals surface area (Å²) in [5.74, 6) is -0.507. The quantitative estimate of drug-likeness (QED) is 0.0916. The highest BCUT2D eigenvalue weighted by Crippen LogP contribution is 2.31. The van der Waals surface area contributed by atoms with Crippen LogP contribution in [0.4, 0.5) is 15.3 Å². The highest BCUT2D eigenvalue weighted by Gasteiger charge is 2.32. The molecule has 0 radical (unpaired) electrons. The molecule has 17 heteroatoms. The maximum atomic E-state index is 13.9. The summed E-state index contributed by atoms with van der Waals surface area (Å²) in [7, 11) is 0. The maximum absolute atomic E-state index is 13.9. The van der Waals surface area contributed by atoms with Gasteiger partial charge in [0.05, 0.1) is 0 Å². The number of carboxylic acid groups (broad SMARTS) is 1. The number of carbonyl (C=O) groups is 5. The fourth-order valence-corrected chi connectivity index (χ4v) is 7.98. The van der Waals surface area contributed by atoms with Crippen LogP contribution in [0.3, 0.4) is 0 Å². The molecule has 0 bridgehead atoms. The van der Waals surface area contributed by atoms with Gasteiger partial charge in [-0.2, -0.15) is 5.21 Å². The summed E-state index contributed by atoms with van der Waals surface area (Å²) in [5.41, 5.74) is 3.38. The minimum absolute atomic E-state index is 0.150. The summed E-state index contributed by atoms with van der Waals surface area (Å²) in [6.07, 6.45) is 2.59. The van der Waals surface area contributed by atoms with Crippen LogP contribution in [0.2, 0.25) is 5.02 Å². The lowest BCUT2D eigenvalue weighted by atomic mass is 9.81. The number of nitrogens with zero attached hydrogens (tertiary/aromatic N) is 4. The number of H-pyrrole nitrogens is 1. The Morgan fingerprint density at radius 1 is 0.950 bits per heavy atom. The number of amides is 5. The Bertz CT molecular complexity index is 2130. The number of nitrogens with one attached hydrogen (secondary N) is 5. The monoisotopic (exact) mass is 841 g/mol. The van der Waals surface area contributed by atoms with Crippen molar-refractivity contribution in [3.8, 4) is 22.5 Å². The van der Waals surface area contributed by atoms with Crippen LogP contribution in [0, 0.1) is 11.8 Å². The first kappa shape index (κ1) is 43.5. The van der Waals surface area contributed by atoms with Crippen LogP contribution in [-0.2, 0) is 20.7 Å². The molecular formula is C43H52ClN9O7. The summed E-state index contributed by atoms with van der Waals surface area (Å²) >= 11 is 6.72. The molecule has 4 aromatic rings. The van der Waals surface area contributed by atoms with Gasteiger partial charge in [0.15, 0.2) is 0 Å². The SMILES string of the molecule is CC1CC(NC(=O)c2ccc(-c3ccc(C[C@H](NC(=O)C4CCC(CNC(=O)OC(C)(C)C)CC4)C(=O)Nc4ccc(-c5nn[nH]n5)cc4)cc3)c(Cl)c2)CCN1C(=O)O. The predicted molar refractivity (Wildman–Crippen MR) is 225 cm³/mol. The summed E-state index contributed by atoms with van der Waals surface area (Å²) in [6.45, 7) is 8.09. The van der Waals surface area contributed by atoms with Gasteiger partial charge in [-0.25, -0.2) is 9.59 Å². The zero-order chi connectivity index (χ0) is 43.0. The third-order valence-corrected chi connectivity index (χ3v) is 11.2. The van der Waals surface area contributed by atoms with Crippen LogP contribution in [-0.4, -0.2) is 97.4 Å². The van der Waals surface area contributed by atoms with E-state index in [1.54, 1.807) is 42.5 Å². The molecule has 6 rings (SSSR count). The van der Waals surface area contributed by atoms with E-state index >= 15 is 0 Å². The van der Waals surface area contributed by atoms with Gasteiger partial charge in [0, 0.05) is 64.9 Å². The molecule has 1 aliphatic heterocycles. The average Bonchev–Trinajstić information content (AvgIpc) is 3.75. The number of anilines is 1. The Hall–Kier alpha value is -6.03. The van der Waals surface area contributed by atoms with Gasteiger partial charge in [0.2, 0.25) is 17.6 Å². The Morgan fingerprint density at radius 3 is 2.27 bits per heavy atom. The fourth-order valence-electron chi connectivity index (χ4n) is 7.69. The number of halogens is 1. The maximum Gasteiger partial charge on any atom is 0.407 e. The second-order valence-corrected chi connectivity index (χ2v) is 17.0. The van der Waals surface area contributed by atoms with Crippen LogP contribution >= 0.6 is 11.6 Å². The second-order valence-electron chi connectivity index (χ2n) is 16.6. The highest BCUT2D eigenvalue weighted by atomic mass is 35.5. The zero-order valence-corrected chi connectivity index (χ0v) is 34.9. The number of tetrazole rings is 1. The Balaban J connectivity index is 1.09. The number of rotatable bonds is 12. The number of benzene rings is 3. The number of alkyl carbamates (subject to hydrolysis) is 1. The number of piperidine rings is 1. The first-order valence-corrected chi connectivity index (χ1v) is 20.6. The van der Waals surface area contributed by atoms with E-state index in [1.807, 2.05) is 52.0 Å². The zero-order valence-electron chi connectivity index (χ0n) is 34.2. The van der Waals surface area contributed by atoms with Gasteiger partial charge in [-0.15, -0.1) is 10.2 Å². The average molecular weight is 842 g/mol. The molecule has 60 heavy (non-hydrogen) atoms. The van der Waals surface area contributed by atoms with E-state index in [0.717, 1.165) is 24.0 Å². The lowest BCUT2D eigenvalue weighted by Crippen LogP contribution is -2.50. The summed E-state index contributed by atoms with van der Waals surface area (Å²) in [6, 6.07) is 18.4. The molecule has 318 valence electrons. The largest absolute Gasteiger partial charge is 0.465 e. The van der Waals surface area contributed by atoms with Crippen molar-refractivity contribution in [2.45, 2.75) is 96.4 Å². The van der Waals surface area contributed by atoms with E-state index in [0.29, 0.717) is 72.0 Å². The summed E-state index contributed by atoms with van der Waals surface area (Å²) < 4.78 is 5.35. The lowest BCUT2D eigenvalue weighted by Gasteiger charge is -2.36. The van der Waals surface area contributed by atoms with Gasteiger partial charge in [-0.05, 0) is 125 Å². The van der Waals surface area contributed by atoms with Crippen LogP contribution in [0.5, 0.6) is 0 Å². The van der Waals surface area contributed by atoms with Gasteiger partial charge in [-0.3, -0.25) is 14.4 Å². The topological polar surface area (TPSA) is 221 Å². The predicted octanol–water partition coefficient (Wildman–Crippen LogP) is 6.44. The van der Waals surface area contributed by atoms with Gasteiger partial charge in [-0.1, -0.05) is 41.9 Å². The molecule has 1 saturated carbocycles. The van der Waals surface area contributed by atoms with Crippen molar-refractivity contribution in [1.82, 2.24) is 41.5 Å². The fraction of sp³-hybridized carbons (Fsp3) is 0.442. The van der Waals surface area contributed by atoms with Crippen LogP contribution < -0.4 is 21.3 Å². The molecular weight excluding hydrogens is 790 g/mol. The molecule has 3 atom stereocenters. The normalized spacial score (nSPS) is 19.7. The molecule has 1 aliphatic carbocycles. The molecule has 0 spiro atoms. The molecule has 2 fully saturated rings. The van der Waals surface area contributed by atoms with E-state index in [2.05, 4.69) is 41.9 Å². The number of hydrogen-bond acceptors (Lipinski definition) is 9. The number of likely N-dealkylation sites (tertiary alicyclic amines) is 1. The number of carbonyl (C=O) groups excluding carboxylic acids is 4. The molecule has 16 nitrogen and oxygen atoms in total. The van der Waals surface area contributed by atoms with Crippen molar-refractivity contribution >= 4 is 47.2 Å². The van der Waals surface area contributed by atoms with E-state index < -0.39 is 23.8 Å². The van der Waals surface area contributed by atoms with Gasteiger partial charge in [0.25, 0.3) is 5.91 Å². The van der Waals surface area contributed by atoms with E-state index in [9.17, 15) is 29.1 Å². The van der Waals surface area contributed by atoms with Crippen LogP contribution in [0.25, 0.3) is 22.5 Å². The number of aromatic amines is 1. The van der Waals surface area contributed by atoms with Crippen LogP contribution in [0.1, 0.15) is 82.1 Å². The minimum atomic E-state index is -0.960. The molecule has 5 amide bonds. The molecule has 1 saturated heterocycles. The molecule has 2 unspecified atom stereocenters. The summed E-state index contributed by atoms with van der Waals surface area (Å²) in [4.78, 5) is 65.6. The van der Waals surface area contributed by atoms with Crippen molar-refractivity contribution in [3.63, 3.8) is 0 Å². The van der Waals surface area contributed by atoms with Crippen molar-refractivity contribution in [3.05, 3.63) is 82.9 Å². The van der Waals surface area contributed by atoms with Gasteiger partial charge < -0.3 is 36.0 Å². The molecule has 2 heterocycles. The molecule has 6 N–H and O–H groups in total. The highest BCUT2D eigenvalue weighted by molar-refractivity contribution is 6.33. The van der Waals surface area contributed by atoms with Crippen molar-refractivity contribution in [1.29, 1.82) is 0 Å². The Morgan fingerprint density at radius 2 is 1.65 bits per heavy atom. The summed E-state index contributed by atoms with van der Waals surface area (Å²) in [5, 5.41) is 35.6. The first-order chi connectivity index (χ1) is 28.6. The first-order valence-electron chi connectivity index (χ1n) is 20.2. The Kier molecular flexibility index (Phi) is 14.0. The third-order valence-electron chi connectivity index (χ3n) is 10.9. The van der Waals surface area contributed by atoms with E-state index in [-0.39, 0.29) is 48.1 Å². The molecule has 2 aliphatic rings. The lowest BCUT2D eigenvalue weighted by molar-refractivity contribution is -0.130. The third kappa shape index (κ3) is 11.8. The minimum Gasteiger partial charge on any atom is -0.465 e. The molecule has 3 aromatic carbocycles. The Labute approximate surface area is 353 Å². The van der Waals surface area contributed by atoms with Crippen molar-refractivity contribution < 1.29 is 33.8 Å².